The minimum Gasteiger partial charge on any atom is -0.475 e. The second kappa shape index (κ2) is 7.42. The Balaban J connectivity index is 2.63. The first-order chi connectivity index (χ1) is 9.08. The highest BCUT2D eigenvalue weighted by Crippen LogP contribution is 2.24. The lowest BCUT2D eigenvalue weighted by atomic mass is 10.1. The van der Waals surface area contributed by atoms with Crippen molar-refractivity contribution in [1.82, 2.24) is 0 Å². The second-order valence-corrected chi connectivity index (χ2v) is 4.30. The molecule has 4 heteroatoms. The molecule has 19 heavy (non-hydrogen) atoms. The largest absolute Gasteiger partial charge is 0.475 e. The van der Waals surface area contributed by atoms with Gasteiger partial charge in [0.05, 0.1) is 13.0 Å². The van der Waals surface area contributed by atoms with E-state index in [1.54, 1.807) is 6.92 Å². The lowest BCUT2D eigenvalue weighted by Crippen LogP contribution is -2.17. The van der Waals surface area contributed by atoms with E-state index in [0.29, 0.717) is 13.0 Å². The average Bonchev–Trinajstić information content (AvgIpc) is 2.38. The molecule has 1 unspecified atom stereocenters. The third-order valence-corrected chi connectivity index (χ3v) is 2.73. The van der Waals surface area contributed by atoms with Crippen molar-refractivity contribution in [3.05, 3.63) is 29.3 Å². The number of nitrogens with zero attached hydrogens (tertiary/aromatic N) is 1. The predicted molar refractivity (Wildman–Crippen MR) is 71.8 cm³/mol. The molecule has 0 bridgehead atoms. The van der Waals surface area contributed by atoms with Gasteiger partial charge < -0.3 is 9.47 Å². The molecule has 0 radical (unpaired) electrons. The van der Waals surface area contributed by atoms with Crippen LogP contribution < -0.4 is 4.74 Å². The first-order valence-electron chi connectivity index (χ1n) is 6.36. The Morgan fingerprint density at radius 1 is 1.37 bits per heavy atom. The van der Waals surface area contributed by atoms with Crippen LogP contribution in [0.4, 0.5) is 0 Å². The van der Waals surface area contributed by atoms with Crippen LogP contribution >= 0.6 is 0 Å². The van der Waals surface area contributed by atoms with Gasteiger partial charge in [0.15, 0.2) is 6.10 Å². The van der Waals surface area contributed by atoms with Crippen molar-refractivity contribution in [1.29, 1.82) is 5.26 Å². The van der Waals surface area contributed by atoms with Gasteiger partial charge in [-0.15, -0.1) is 0 Å². The van der Waals surface area contributed by atoms with Gasteiger partial charge in [0.25, 0.3) is 0 Å². The number of hydrogen-bond donors (Lipinski definition) is 0. The van der Waals surface area contributed by atoms with E-state index in [1.165, 1.54) is 0 Å². The molecular formula is C15H19NO3. The van der Waals surface area contributed by atoms with E-state index in [2.05, 4.69) is 6.07 Å². The zero-order chi connectivity index (χ0) is 14.3. The van der Waals surface area contributed by atoms with Crippen LogP contribution in [0.25, 0.3) is 0 Å². The lowest BCUT2D eigenvalue weighted by Gasteiger charge is -2.16. The number of rotatable bonds is 6. The van der Waals surface area contributed by atoms with Crippen molar-refractivity contribution in [2.45, 2.75) is 39.7 Å². The van der Waals surface area contributed by atoms with E-state index in [9.17, 15) is 4.79 Å². The molecule has 0 aromatic heterocycles. The molecule has 0 spiro atoms. The van der Waals surface area contributed by atoms with Gasteiger partial charge in [-0.1, -0.05) is 18.2 Å². The van der Waals surface area contributed by atoms with Gasteiger partial charge in [-0.05, 0) is 31.9 Å². The van der Waals surface area contributed by atoms with Gasteiger partial charge in [0.2, 0.25) is 0 Å². The zero-order valence-corrected chi connectivity index (χ0v) is 11.6. The van der Waals surface area contributed by atoms with Crippen molar-refractivity contribution in [3.8, 4) is 11.8 Å². The molecular weight excluding hydrogens is 242 g/mol. The fraction of sp³-hybridized carbons (Fsp3) is 0.467. The monoisotopic (exact) mass is 261 g/mol. The highest BCUT2D eigenvalue weighted by molar-refractivity contribution is 5.69. The molecule has 0 amide bonds. The molecule has 1 rings (SSSR count). The summed E-state index contributed by atoms with van der Waals surface area (Å²) in [4.78, 5) is 11.3. The summed E-state index contributed by atoms with van der Waals surface area (Å²) in [5.74, 6) is 0.422. The van der Waals surface area contributed by atoms with E-state index in [1.807, 2.05) is 32.0 Å². The number of carbonyl (C=O) groups excluding carboxylic acids is 1. The number of carbonyl (C=O) groups is 1. The van der Waals surface area contributed by atoms with Crippen molar-refractivity contribution in [3.63, 3.8) is 0 Å². The van der Waals surface area contributed by atoms with Crippen LogP contribution in [0.5, 0.6) is 5.75 Å². The Hall–Kier alpha value is -2.02. The number of aryl methyl sites for hydroxylation is 2. The Bertz CT molecular complexity index is 457. The van der Waals surface area contributed by atoms with Crippen molar-refractivity contribution >= 4 is 5.97 Å². The summed E-state index contributed by atoms with van der Waals surface area (Å²) in [5.41, 5.74) is 1.97. The Labute approximate surface area is 113 Å². The molecule has 0 heterocycles. The van der Waals surface area contributed by atoms with Crippen molar-refractivity contribution < 1.29 is 14.3 Å². The Kier molecular flexibility index (Phi) is 5.87. The summed E-state index contributed by atoms with van der Waals surface area (Å²) in [5, 5.41) is 9.08. The fourth-order valence-corrected chi connectivity index (χ4v) is 1.76. The third-order valence-electron chi connectivity index (χ3n) is 2.73. The number of ether oxygens (including phenoxy) is 2. The maximum absolute atomic E-state index is 11.3. The molecule has 0 fully saturated rings. The van der Waals surface area contributed by atoms with Crippen molar-refractivity contribution in [2.24, 2.45) is 0 Å². The minimum atomic E-state index is -0.635. The molecule has 0 aliphatic carbocycles. The molecule has 0 aliphatic heterocycles. The molecule has 1 aromatic carbocycles. The van der Waals surface area contributed by atoms with Crippen LogP contribution in [0.3, 0.4) is 0 Å². The highest BCUT2D eigenvalue weighted by atomic mass is 16.5. The Morgan fingerprint density at radius 3 is 2.53 bits per heavy atom. The van der Waals surface area contributed by atoms with Crippen LogP contribution in [0.2, 0.25) is 0 Å². The van der Waals surface area contributed by atoms with Crippen LogP contribution in [0.1, 0.15) is 30.9 Å². The maximum Gasteiger partial charge on any atom is 0.305 e. The molecule has 1 atom stereocenters. The summed E-state index contributed by atoms with van der Waals surface area (Å²) in [6, 6.07) is 7.88. The first kappa shape index (κ1) is 15.0. The van der Waals surface area contributed by atoms with E-state index in [4.69, 9.17) is 14.7 Å². The van der Waals surface area contributed by atoms with Crippen LogP contribution in [0.15, 0.2) is 18.2 Å². The van der Waals surface area contributed by atoms with Gasteiger partial charge in [0.1, 0.15) is 11.8 Å². The third kappa shape index (κ3) is 4.63. The normalized spacial score (nSPS) is 11.5. The highest BCUT2D eigenvalue weighted by Gasteiger charge is 2.15. The van der Waals surface area contributed by atoms with Crippen LogP contribution in [0, 0.1) is 25.2 Å². The maximum atomic E-state index is 11.3. The summed E-state index contributed by atoms with van der Waals surface area (Å²) >= 11 is 0. The fourth-order valence-electron chi connectivity index (χ4n) is 1.76. The second-order valence-electron chi connectivity index (χ2n) is 4.30. The summed E-state index contributed by atoms with van der Waals surface area (Å²) in [6.45, 7) is 5.98. The topological polar surface area (TPSA) is 59.3 Å². The average molecular weight is 261 g/mol. The minimum absolute atomic E-state index is 0.191. The van der Waals surface area contributed by atoms with Crippen LogP contribution in [-0.4, -0.2) is 18.7 Å². The van der Waals surface area contributed by atoms with E-state index >= 15 is 0 Å². The standard InChI is InChI=1S/C15H19NO3/c1-4-18-14(17)9-8-13(10-16)19-15-11(2)6-5-7-12(15)3/h5-7,13H,4,8-9H2,1-3H3. The summed E-state index contributed by atoms with van der Waals surface area (Å²) in [6.07, 6.45) is -0.107. The number of hydrogen-bond acceptors (Lipinski definition) is 4. The molecule has 0 saturated heterocycles. The summed E-state index contributed by atoms with van der Waals surface area (Å²) < 4.78 is 10.5. The van der Waals surface area contributed by atoms with E-state index < -0.39 is 6.10 Å². The van der Waals surface area contributed by atoms with Gasteiger partial charge in [-0.3, -0.25) is 4.79 Å². The smallest absolute Gasteiger partial charge is 0.305 e. The lowest BCUT2D eigenvalue weighted by molar-refractivity contribution is -0.143. The van der Waals surface area contributed by atoms with Gasteiger partial charge in [-0.25, -0.2) is 0 Å². The molecule has 4 nitrogen and oxygen atoms in total. The molecule has 0 saturated carbocycles. The number of para-hydroxylation sites is 1. The molecule has 1 aromatic rings. The Morgan fingerprint density at radius 2 is 2.00 bits per heavy atom. The SMILES string of the molecule is CCOC(=O)CCC(C#N)Oc1c(C)cccc1C. The number of nitriles is 1. The number of benzene rings is 1. The number of esters is 1. The molecule has 0 N–H and O–H groups in total. The van der Waals surface area contributed by atoms with Crippen molar-refractivity contribution in [2.75, 3.05) is 6.61 Å². The molecule has 102 valence electrons. The molecule has 0 aliphatic rings. The van der Waals surface area contributed by atoms with E-state index in [-0.39, 0.29) is 12.4 Å². The first-order valence-corrected chi connectivity index (χ1v) is 6.36. The van der Waals surface area contributed by atoms with Crippen LogP contribution in [-0.2, 0) is 9.53 Å². The van der Waals surface area contributed by atoms with Gasteiger partial charge in [0, 0.05) is 6.42 Å². The van der Waals surface area contributed by atoms with E-state index in [0.717, 1.165) is 16.9 Å². The predicted octanol–water partition coefficient (Wildman–Crippen LogP) is 2.92. The van der Waals surface area contributed by atoms with Gasteiger partial charge >= 0.3 is 5.97 Å². The quantitative estimate of drug-likeness (QED) is 0.739. The summed E-state index contributed by atoms with van der Waals surface area (Å²) in [7, 11) is 0. The van der Waals surface area contributed by atoms with Gasteiger partial charge in [-0.2, -0.15) is 5.26 Å². The zero-order valence-electron chi connectivity index (χ0n) is 11.6.